The first-order valence-corrected chi connectivity index (χ1v) is 7.83. The van der Waals surface area contributed by atoms with E-state index in [9.17, 15) is 9.90 Å². The largest absolute Gasteiger partial charge is 0.395 e. The van der Waals surface area contributed by atoms with Crippen molar-refractivity contribution >= 4 is 21.6 Å². The molecule has 0 aromatic carbocycles. The van der Waals surface area contributed by atoms with Gasteiger partial charge in [-0.2, -0.15) is 0 Å². The number of aliphatic hydroxyl groups excluding tert-OH is 1. The monoisotopic (exact) mass is 309 g/mol. The van der Waals surface area contributed by atoms with Crippen LogP contribution in [0.3, 0.4) is 0 Å². The lowest BCUT2D eigenvalue weighted by Crippen LogP contribution is -2.47. The van der Waals surface area contributed by atoms with Gasteiger partial charge in [-0.15, -0.1) is 11.3 Å². The highest BCUT2D eigenvalue weighted by molar-refractivity contribution is 7.18. The summed E-state index contributed by atoms with van der Waals surface area (Å²) in [6, 6.07) is -0.0356. The van der Waals surface area contributed by atoms with E-state index < -0.39 is 0 Å². The smallest absolute Gasteiger partial charge is 0.259 e. The molecule has 1 aliphatic rings. The third-order valence-electron chi connectivity index (χ3n) is 4.00. The minimum absolute atomic E-state index is 0.0356. The van der Waals surface area contributed by atoms with Crippen LogP contribution >= 0.6 is 11.3 Å². The number of ether oxygens (including phenoxy) is 1. The lowest BCUT2D eigenvalue weighted by atomic mass is 10.2. The number of aryl methyl sites for hydroxylation is 2. The van der Waals surface area contributed by atoms with Crippen LogP contribution in [0.2, 0.25) is 0 Å². The minimum atomic E-state index is -0.0781. The first-order chi connectivity index (χ1) is 10.1. The molecule has 0 bridgehead atoms. The topological polar surface area (TPSA) is 78.5 Å². The number of nitrogens with zero attached hydrogens (tertiary/aromatic N) is 2. The van der Waals surface area contributed by atoms with Crippen molar-refractivity contribution in [1.82, 2.24) is 14.9 Å². The second-order valence-corrected chi connectivity index (χ2v) is 6.56. The van der Waals surface area contributed by atoms with Crippen molar-refractivity contribution in [3.63, 3.8) is 0 Å². The predicted octanol–water partition coefficient (Wildman–Crippen LogP) is 0.795. The van der Waals surface area contributed by atoms with E-state index in [1.807, 2.05) is 13.8 Å². The molecule has 6 nitrogen and oxygen atoms in total. The fourth-order valence-electron chi connectivity index (χ4n) is 2.63. The molecule has 0 radical (unpaired) electrons. The average Bonchev–Trinajstić information content (AvgIpc) is 2.75. The lowest BCUT2D eigenvalue weighted by Gasteiger charge is -2.33. The molecular weight excluding hydrogens is 290 g/mol. The van der Waals surface area contributed by atoms with E-state index in [-0.39, 0.29) is 18.2 Å². The van der Waals surface area contributed by atoms with Crippen LogP contribution in [-0.4, -0.2) is 52.4 Å². The van der Waals surface area contributed by atoms with Crippen LogP contribution in [0.15, 0.2) is 4.79 Å². The molecular formula is C14H19N3O3S. The third-order valence-corrected chi connectivity index (χ3v) is 5.10. The Kier molecular flexibility index (Phi) is 4.08. The maximum absolute atomic E-state index is 12.2. The summed E-state index contributed by atoms with van der Waals surface area (Å²) >= 11 is 1.55. The zero-order valence-electron chi connectivity index (χ0n) is 12.2. The standard InChI is InChI=1S/C14H19N3O3S/c1-8-9(2)21-14-12(8)13(19)15-11(16-14)5-17-3-4-20-7-10(17)6-18/h10,18H,3-7H2,1-2H3,(H,15,16,19). The summed E-state index contributed by atoms with van der Waals surface area (Å²) in [4.78, 5) is 23.7. The number of morpholine rings is 1. The Bertz CT molecular complexity index is 709. The Morgan fingerprint density at radius 1 is 1.52 bits per heavy atom. The van der Waals surface area contributed by atoms with E-state index in [0.29, 0.717) is 31.0 Å². The molecule has 2 aromatic rings. The minimum Gasteiger partial charge on any atom is -0.395 e. The molecule has 1 fully saturated rings. The van der Waals surface area contributed by atoms with Crippen molar-refractivity contribution in [3.05, 3.63) is 26.6 Å². The van der Waals surface area contributed by atoms with Crippen molar-refractivity contribution in [3.8, 4) is 0 Å². The molecule has 1 aliphatic heterocycles. The Balaban J connectivity index is 1.92. The summed E-state index contributed by atoms with van der Waals surface area (Å²) in [7, 11) is 0. The van der Waals surface area contributed by atoms with E-state index in [1.54, 1.807) is 11.3 Å². The molecule has 7 heteroatoms. The van der Waals surface area contributed by atoms with E-state index in [1.165, 1.54) is 0 Å². The first kappa shape index (κ1) is 14.6. The zero-order valence-corrected chi connectivity index (χ0v) is 13.0. The normalized spacial score (nSPS) is 20.2. The van der Waals surface area contributed by atoms with Gasteiger partial charge in [0.15, 0.2) is 0 Å². The molecule has 3 heterocycles. The van der Waals surface area contributed by atoms with Crippen molar-refractivity contribution in [2.24, 2.45) is 0 Å². The molecule has 0 aliphatic carbocycles. The molecule has 1 saturated heterocycles. The Morgan fingerprint density at radius 2 is 2.33 bits per heavy atom. The van der Waals surface area contributed by atoms with Crippen LogP contribution in [0.1, 0.15) is 16.3 Å². The maximum Gasteiger partial charge on any atom is 0.259 e. The van der Waals surface area contributed by atoms with Gasteiger partial charge in [-0.1, -0.05) is 0 Å². The molecule has 1 atom stereocenters. The van der Waals surface area contributed by atoms with Gasteiger partial charge in [0.1, 0.15) is 10.7 Å². The Morgan fingerprint density at radius 3 is 3.10 bits per heavy atom. The van der Waals surface area contributed by atoms with Crippen LogP contribution in [0.25, 0.3) is 10.2 Å². The van der Waals surface area contributed by atoms with Crippen LogP contribution in [-0.2, 0) is 11.3 Å². The molecule has 3 rings (SSSR count). The van der Waals surface area contributed by atoms with Gasteiger partial charge in [0.05, 0.1) is 37.8 Å². The summed E-state index contributed by atoms with van der Waals surface area (Å²) in [6.07, 6.45) is 0. The summed E-state index contributed by atoms with van der Waals surface area (Å²) in [5.41, 5.74) is 0.931. The molecule has 2 N–H and O–H groups in total. The number of thiophene rings is 1. The molecule has 0 amide bonds. The summed E-state index contributed by atoms with van der Waals surface area (Å²) in [6.45, 7) is 6.41. The lowest BCUT2D eigenvalue weighted by molar-refractivity contribution is -0.0322. The predicted molar refractivity (Wildman–Crippen MR) is 81.8 cm³/mol. The summed E-state index contributed by atoms with van der Waals surface area (Å²) < 4.78 is 5.36. The zero-order chi connectivity index (χ0) is 15.0. The highest BCUT2D eigenvalue weighted by Gasteiger charge is 2.23. The fourth-order valence-corrected chi connectivity index (χ4v) is 3.68. The highest BCUT2D eigenvalue weighted by Crippen LogP contribution is 2.25. The number of aliphatic hydroxyl groups is 1. The molecule has 0 saturated carbocycles. The number of hydrogen-bond acceptors (Lipinski definition) is 6. The van der Waals surface area contributed by atoms with Crippen LogP contribution < -0.4 is 5.56 Å². The second-order valence-electron chi connectivity index (χ2n) is 5.36. The van der Waals surface area contributed by atoms with E-state index in [0.717, 1.165) is 21.8 Å². The number of aromatic amines is 1. The van der Waals surface area contributed by atoms with Gasteiger partial charge in [0.25, 0.3) is 5.56 Å². The van der Waals surface area contributed by atoms with Gasteiger partial charge in [-0.05, 0) is 19.4 Å². The van der Waals surface area contributed by atoms with Crippen molar-refractivity contribution < 1.29 is 9.84 Å². The number of hydrogen-bond donors (Lipinski definition) is 2. The van der Waals surface area contributed by atoms with Gasteiger partial charge in [0, 0.05) is 11.4 Å². The van der Waals surface area contributed by atoms with Crippen LogP contribution in [0.4, 0.5) is 0 Å². The van der Waals surface area contributed by atoms with Gasteiger partial charge in [0.2, 0.25) is 0 Å². The van der Waals surface area contributed by atoms with E-state index >= 15 is 0 Å². The molecule has 114 valence electrons. The number of H-pyrrole nitrogens is 1. The Hall–Kier alpha value is -1.28. The first-order valence-electron chi connectivity index (χ1n) is 7.01. The quantitative estimate of drug-likeness (QED) is 0.876. The molecule has 0 spiro atoms. The average molecular weight is 309 g/mol. The van der Waals surface area contributed by atoms with Gasteiger partial charge in [-0.3, -0.25) is 9.69 Å². The van der Waals surface area contributed by atoms with Crippen LogP contribution in [0, 0.1) is 13.8 Å². The van der Waals surface area contributed by atoms with Crippen LogP contribution in [0.5, 0.6) is 0 Å². The highest BCUT2D eigenvalue weighted by atomic mass is 32.1. The van der Waals surface area contributed by atoms with Gasteiger partial charge >= 0.3 is 0 Å². The maximum atomic E-state index is 12.2. The molecule has 2 aromatic heterocycles. The fraction of sp³-hybridized carbons (Fsp3) is 0.571. The van der Waals surface area contributed by atoms with Crippen molar-refractivity contribution in [1.29, 1.82) is 0 Å². The van der Waals surface area contributed by atoms with E-state index in [2.05, 4.69) is 14.9 Å². The molecule has 1 unspecified atom stereocenters. The van der Waals surface area contributed by atoms with E-state index in [4.69, 9.17) is 4.74 Å². The number of fused-ring (bicyclic) bond motifs is 1. The summed E-state index contributed by atoms with van der Waals surface area (Å²) in [5.74, 6) is 0.647. The van der Waals surface area contributed by atoms with Gasteiger partial charge < -0.3 is 14.8 Å². The summed E-state index contributed by atoms with van der Waals surface area (Å²) in [5, 5.41) is 10.1. The number of nitrogens with one attached hydrogen (secondary N) is 1. The SMILES string of the molecule is Cc1sc2nc(CN3CCOCC3CO)[nH]c(=O)c2c1C. The van der Waals surface area contributed by atoms with Crippen molar-refractivity contribution in [2.45, 2.75) is 26.4 Å². The second kappa shape index (κ2) is 5.84. The third kappa shape index (κ3) is 2.74. The number of rotatable bonds is 3. The van der Waals surface area contributed by atoms with Gasteiger partial charge in [-0.25, -0.2) is 4.98 Å². The molecule has 21 heavy (non-hydrogen) atoms. The number of aromatic nitrogens is 2. The Labute approximate surface area is 126 Å². The van der Waals surface area contributed by atoms with Crippen molar-refractivity contribution in [2.75, 3.05) is 26.4 Å².